The lowest BCUT2D eigenvalue weighted by Gasteiger charge is -2.28. The van der Waals surface area contributed by atoms with Crippen molar-refractivity contribution in [3.05, 3.63) is 34.3 Å². The summed E-state index contributed by atoms with van der Waals surface area (Å²) in [5.74, 6) is 0.712. The van der Waals surface area contributed by atoms with Crippen molar-refractivity contribution in [1.29, 1.82) is 0 Å². The zero-order valence-electron chi connectivity index (χ0n) is 13.1. The fourth-order valence-electron chi connectivity index (χ4n) is 3.01. The van der Waals surface area contributed by atoms with E-state index in [9.17, 15) is 0 Å². The third kappa shape index (κ3) is 5.70. The van der Waals surface area contributed by atoms with Crippen LogP contribution in [0.5, 0.6) is 0 Å². The maximum atomic E-state index is 5.57. The molecule has 1 aliphatic rings. The Morgan fingerprint density at radius 2 is 2.14 bits per heavy atom. The van der Waals surface area contributed by atoms with Crippen molar-refractivity contribution in [2.75, 3.05) is 40.4 Å². The monoisotopic (exact) mass is 354 g/mol. The van der Waals surface area contributed by atoms with Crippen LogP contribution >= 0.6 is 15.9 Å². The van der Waals surface area contributed by atoms with Crippen LogP contribution in [0.1, 0.15) is 30.9 Å². The van der Waals surface area contributed by atoms with E-state index < -0.39 is 0 Å². The topological polar surface area (TPSA) is 24.5 Å². The molecule has 21 heavy (non-hydrogen) atoms. The molecule has 2 rings (SSSR count). The Hall–Kier alpha value is -0.420. The second-order valence-electron chi connectivity index (χ2n) is 6.03. The molecule has 3 nitrogen and oxygen atoms in total. The van der Waals surface area contributed by atoms with E-state index in [0.717, 1.165) is 37.2 Å². The van der Waals surface area contributed by atoms with Gasteiger partial charge in [0, 0.05) is 23.7 Å². The highest BCUT2D eigenvalue weighted by atomic mass is 79.9. The largest absolute Gasteiger partial charge is 0.381 e. The molecule has 1 N–H and O–H groups in total. The fraction of sp³-hybridized carbons (Fsp3) is 0.647. The lowest BCUT2D eigenvalue weighted by atomic mass is 10.0. The van der Waals surface area contributed by atoms with Gasteiger partial charge in [-0.15, -0.1) is 0 Å². The minimum Gasteiger partial charge on any atom is -0.381 e. The molecule has 0 spiro atoms. The SMILES string of the molecule is CNC(CCN(C)CC1CCCOC1)c1ccc(Br)cc1. The zero-order chi connectivity index (χ0) is 15.1. The molecule has 1 aliphatic heterocycles. The molecule has 1 heterocycles. The van der Waals surface area contributed by atoms with Gasteiger partial charge in [-0.2, -0.15) is 0 Å². The van der Waals surface area contributed by atoms with Crippen molar-refractivity contribution < 1.29 is 4.74 Å². The third-order valence-corrected chi connectivity index (χ3v) is 4.77. The Morgan fingerprint density at radius 3 is 2.76 bits per heavy atom. The Labute approximate surface area is 137 Å². The predicted molar refractivity (Wildman–Crippen MR) is 91.6 cm³/mol. The molecule has 118 valence electrons. The van der Waals surface area contributed by atoms with Gasteiger partial charge in [0.2, 0.25) is 0 Å². The van der Waals surface area contributed by atoms with Crippen molar-refractivity contribution in [2.24, 2.45) is 5.92 Å². The highest BCUT2D eigenvalue weighted by molar-refractivity contribution is 9.10. The summed E-state index contributed by atoms with van der Waals surface area (Å²) in [6.07, 6.45) is 3.66. The molecule has 0 aliphatic carbocycles. The molecule has 1 aromatic rings. The van der Waals surface area contributed by atoms with Crippen molar-refractivity contribution in [1.82, 2.24) is 10.2 Å². The van der Waals surface area contributed by atoms with Crippen LogP contribution in [0.4, 0.5) is 0 Å². The summed E-state index contributed by atoms with van der Waals surface area (Å²) in [4.78, 5) is 2.45. The second-order valence-corrected chi connectivity index (χ2v) is 6.94. The van der Waals surface area contributed by atoms with E-state index >= 15 is 0 Å². The van der Waals surface area contributed by atoms with Gasteiger partial charge in [0.25, 0.3) is 0 Å². The van der Waals surface area contributed by atoms with Crippen molar-refractivity contribution in [3.63, 3.8) is 0 Å². The van der Waals surface area contributed by atoms with Gasteiger partial charge in [-0.25, -0.2) is 0 Å². The molecule has 0 radical (unpaired) electrons. The summed E-state index contributed by atoms with van der Waals surface area (Å²) in [5, 5.41) is 3.43. The average Bonchev–Trinajstić information content (AvgIpc) is 2.50. The lowest BCUT2D eigenvalue weighted by Crippen LogP contribution is -2.33. The van der Waals surface area contributed by atoms with Crippen LogP contribution in [0.2, 0.25) is 0 Å². The van der Waals surface area contributed by atoms with E-state index in [-0.39, 0.29) is 0 Å². The number of hydrogen-bond donors (Lipinski definition) is 1. The Bertz CT molecular complexity index is 404. The lowest BCUT2D eigenvalue weighted by molar-refractivity contribution is 0.0416. The van der Waals surface area contributed by atoms with Gasteiger partial charge in [-0.05, 0) is 63.5 Å². The summed E-state index contributed by atoms with van der Waals surface area (Å²) < 4.78 is 6.70. The number of rotatable bonds is 7. The minimum absolute atomic E-state index is 0.420. The van der Waals surface area contributed by atoms with Crippen LogP contribution in [-0.4, -0.2) is 45.3 Å². The maximum Gasteiger partial charge on any atom is 0.0506 e. The van der Waals surface area contributed by atoms with Gasteiger partial charge in [0.1, 0.15) is 0 Å². The number of ether oxygens (including phenoxy) is 1. The maximum absolute atomic E-state index is 5.57. The van der Waals surface area contributed by atoms with Crippen LogP contribution in [0.25, 0.3) is 0 Å². The van der Waals surface area contributed by atoms with E-state index in [1.807, 2.05) is 7.05 Å². The second kappa shape index (κ2) is 8.89. The Morgan fingerprint density at radius 1 is 1.38 bits per heavy atom. The van der Waals surface area contributed by atoms with Gasteiger partial charge in [0.05, 0.1) is 6.61 Å². The number of nitrogens with one attached hydrogen (secondary N) is 1. The molecule has 0 saturated carbocycles. The quantitative estimate of drug-likeness (QED) is 0.811. The normalized spacial score (nSPS) is 20.7. The molecule has 1 fully saturated rings. The molecular formula is C17H27BrN2O. The first-order chi connectivity index (χ1) is 10.2. The number of nitrogens with zero attached hydrogens (tertiary/aromatic N) is 1. The number of benzene rings is 1. The fourth-order valence-corrected chi connectivity index (χ4v) is 3.27. The summed E-state index contributed by atoms with van der Waals surface area (Å²) in [6.45, 7) is 4.15. The van der Waals surface area contributed by atoms with Crippen molar-refractivity contribution >= 4 is 15.9 Å². The van der Waals surface area contributed by atoms with Crippen molar-refractivity contribution in [2.45, 2.75) is 25.3 Å². The summed E-state index contributed by atoms with van der Waals surface area (Å²) in [5.41, 5.74) is 1.36. The van der Waals surface area contributed by atoms with Crippen LogP contribution in [-0.2, 0) is 4.74 Å². The molecule has 4 heteroatoms. The molecule has 0 aromatic heterocycles. The predicted octanol–water partition coefficient (Wildman–Crippen LogP) is 3.46. The average molecular weight is 355 g/mol. The number of hydrogen-bond acceptors (Lipinski definition) is 3. The summed E-state index contributed by atoms with van der Waals surface area (Å²) >= 11 is 3.49. The third-order valence-electron chi connectivity index (χ3n) is 4.24. The molecule has 2 unspecified atom stereocenters. The van der Waals surface area contributed by atoms with Crippen LogP contribution in [0.3, 0.4) is 0 Å². The summed E-state index contributed by atoms with van der Waals surface area (Å²) in [7, 11) is 4.27. The Balaban J connectivity index is 1.77. The Kier molecular flexibility index (Phi) is 7.17. The van der Waals surface area contributed by atoms with E-state index in [1.54, 1.807) is 0 Å². The van der Waals surface area contributed by atoms with Crippen LogP contribution in [0, 0.1) is 5.92 Å². The van der Waals surface area contributed by atoms with E-state index in [1.165, 1.54) is 18.4 Å². The first-order valence-corrected chi connectivity index (χ1v) is 8.67. The molecule has 2 atom stereocenters. The zero-order valence-corrected chi connectivity index (χ0v) is 14.7. The van der Waals surface area contributed by atoms with Crippen molar-refractivity contribution in [3.8, 4) is 0 Å². The molecular weight excluding hydrogens is 328 g/mol. The molecule has 1 saturated heterocycles. The molecule has 0 amide bonds. The van der Waals surface area contributed by atoms with Gasteiger partial charge in [-0.3, -0.25) is 0 Å². The standard InChI is InChI=1S/C17H27BrN2O/c1-19-17(15-5-7-16(18)8-6-15)9-10-20(2)12-14-4-3-11-21-13-14/h5-8,14,17,19H,3-4,9-13H2,1-2H3. The molecule has 1 aromatic carbocycles. The van der Waals surface area contributed by atoms with Crippen LogP contribution in [0.15, 0.2) is 28.7 Å². The highest BCUT2D eigenvalue weighted by Crippen LogP contribution is 2.20. The minimum atomic E-state index is 0.420. The van der Waals surface area contributed by atoms with E-state index in [2.05, 4.69) is 57.5 Å². The smallest absolute Gasteiger partial charge is 0.0506 e. The van der Waals surface area contributed by atoms with Gasteiger partial charge in [-0.1, -0.05) is 28.1 Å². The van der Waals surface area contributed by atoms with Gasteiger partial charge in [0.15, 0.2) is 0 Å². The first-order valence-electron chi connectivity index (χ1n) is 7.88. The van der Waals surface area contributed by atoms with Crippen LogP contribution < -0.4 is 5.32 Å². The van der Waals surface area contributed by atoms with E-state index in [4.69, 9.17) is 4.74 Å². The van der Waals surface area contributed by atoms with E-state index in [0.29, 0.717) is 12.0 Å². The first kappa shape index (κ1) is 16.9. The summed E-state index contributed by atoms with van der Waals surface area (Å²) in [6, 6.07) is 9.04. The van der Waals surface area contributed by atoms with Gasteiger partial charge < -0.3 is 15.0 Å². The molecule has 0 bridgehead atoms. The van der Waals surface area contributed by atoms with Gasteiger partial charge >= 0.3 is 0 Å². The number of halogens is 1. The highest BCUT2D eigenvalue weighted by Gasteiger charge is 2.17.